The normalized spacial score (nSPS) is 18.6. The summed E-state index contributed by atoms with van der Waals surface area (Å²) in [4.78, 5) is 16.4. The molecule has 6 nitrogen and oxygen atoms in total. The molecule has 1 unspecified atom stereocenters. The van der Waals surface area contributed by atoms with Crippen molar-refractivity contribution in [3.05, 3.63) is 46.9 Å². The van der Waals surface area contributed by atoms with Gasteiger partial charge in [0.25, 0.3) is 0 Å². The maximum Gasteiger partial charge on any atom is 0.143 e. The molecule has 0 radical (unpaired) electrons. The minimum atomic E-state index is -0.811. The molecule has 0 saturated carbocycles. The van der Waals surface area contributed by atoms with Gasteiger partial charge in [-0.1, -0.05) is 6.07 Å². The van der Waals surface area contributed by atoms with E-state index in [2.05, 4.69) is 37.4 Å². The third kappa shape index (κ3) is 2.16. The zero-order valence-electron chi connectivity index (χ0n) is 12.9. The van der Waals surface area contributed by atoms with Crippen LogP contribution in [0.1, 0.15) is 22.4 Å². The maximum atomic E-state index is 12.0. The number of aliphatic imine (C=N–C) groups is 1. The molecule has 7 heteroatoms. The van der Waals surface area contributed by atoms with Gasteiger partial charge in [0.2, 0.25) is 0 Å². The molecule has 1 atom stereocenters. The number of hydrogen-bond donors (Lipinski definition) is 2. The van der Waals surface area contributed by atoms with Crippen LogP contribution >= 0.6 is 0 Å². The number of anilines is 2. The van der Waals surface area contributed by atoms with Crippen LogP contribution in [0.4, 0.5) is 11.5 Å². The molecule has 0 spiro atoms. The van der Waals surface area contributed by atoms with Gasteiger partial charge in [0, 0.05) is 34.1 Å². The monoisotopic (exact) mass is 337 g/mol. The predicted octanol–water partition coefficient (Wildman–Crippen LogP) is 2.44. The van der Waals surface area contributed by atoms with Crippen LogP contribution in [-0.4, -0.2) is 31.1 Å². The summed E-state index contributed by atoms with van der Waals surface area (Å²) in [6.45, 7) is 0.754. The van der Waals surface area contributed by atoms with Gasteiger partial charge in [-0.05, 0) is 35.2 Å². The molecule has 2 aliphatic heterocycles. The van der Waals surface area contributed by atoms with Gasteiger partial charge in [-0.15, -0.1) is 0 Å². The van der Waals surface area contributed by atoms with Crippen molar-refractivity contribution in [2.24, 2.45) is 4.99 Å². The van der Waals surface area contributed by atoms with Crippen molar-refractivity contribution < 1.29 is 4.21 Å². The van der Waals surface area contributed by atoms with Crippen molar-refractivity contribution in [1.82, 2.24) is 15.0 Å². The van der Waals surface area contributed by atoms with E-state index in [0.717, 1.165) is 52.3 Å². The summed E-state index contributed by atoms with van der Waals surface area (Å²) in [5, 5.41) is 4.35. The highest BCUT2D eigenvalue weighted by molar-refractivity contribution is 7.84. The topological polar surface area (TPSA) is 83.0 Å². The Labute approximate surface area is 140 Å². The molecule has 0 saturated heterocycles. The van der Waals surface area contributed by atoms with E-state index in [1.54, 1.807) is 6.33 Å². The molecule has 4 heterocycles. The molecular formula is C17H15N5OS. The Bertz CT molecular complexity index is 1020. The number of H-pyrrole nitrogens is 1. The van der Waals surface area contributed by atoms with E-state index < -0.39 is 10.8 Å². The van der Waals surface area contributed by atoms with Crippen molar-refractivity contribution in [1.29, 1.82) is 0 Å². The molecule has 2 aliphatic rings. The summed E-state index contributed by atoms with van der Waals surface area (Å²) in [7, 11) is -0.811. The molecule has 120 valence electrons. The quantitative estimate of drug-likeness (QED) is 0.752. The number of benzene rings is 1. The lowest BCUT2D eigenvalue weighted by molar-refractivity contribution is 0.679. The maximum absolute atomic E-state index is 12.0. The first-order chi connectivity index (χ1) is 11.8. The molecule has 0 bridgehead atoms. The standard InChI is InChI=1S/C17H15N5OS/c23-24-4-3-14-13(8-24)15-16(19-9-20-17(15)22-14)21-12-2-1-10-6-18-7-11(10)5-12/h1-2,5,7,9H,3-4,6,8H2,(H2,19,20,21,22). The van der Waals surface area contributed by atoms with Crippen molar-refractivity contribution >= 4 is 39.6 Å². The first-order valence-corrected chi connectivity index (χ1v) is 9.36. The minimum Gasteiger partial charge on any atom is -0.343 e. The lowest BCUT2D eigenvalue weighted by atomic mass is 10.1. The van der Waals surface area contributed by atoms with Gasteiger partial charge in [0.05, 0.1) is 17.7 Å². The van der Waals surface area contributed by atoms with E-state index in [-0.39, 0.29) is 0 Å². The number of rotatable bonds is 2. The van der Waals surface area contributed by atoms with Crippen LogP contribution in [0.3, 0.4) is 0 Å². The third-order valence-corrected chi connectivity index (χ3v) is 5.84. The Morgan fingerprint density at radius 2 is 2.21 bits per heavy atom. The molecule has 2 aromatic heterocycles. The molecule has 0 aliphatic carbocycles. The van der Waals surface area contributed by atoms with Crippen molar-refractivity contribution in [2.75, 3.05) is 11.1 Å². The Balaban J connectivity index is 1.61. The highest BCUT2D eigenvalue weighted by Gasteiger charge is 2.22. The average molecular weight is 337 g/mol. The molecule has 0 amide bonds. The van der Waals surface area contributed by atoms with E-state index >= 15 is 0 Å². The fraction of sp³-hybridized carbons (Fsp3) is 0.235. The number of hydrogen-bond acceptors (Lipinski definition) is 5. The van der Waals surface area contributed by atoms with E-state index in [4.69, 9.17) is 0 Å². The SMILES string of the molecule is O=S1CCc2[nH]c3ncnc(Nc4ccc5c(c4)C=NC5)c3c2C1. The Kier molecular flexibility index (Phi) is 3.02. The van der Waals surface area contributed by atoms with Crippen LogP contribution in [0.2, 0.25) is 0 Å². The molecule has 0 fully saturated rings. The second-order valence-corrected chi connectivity index (χ2v) is 7.65. The first-order valence-electron chi connectivity index (χ1n) is 7.87. The minimum absolute atomic E-state index is 0.564. The van der Waals surface area contributed by atoms with Crippen LogP contribution in [0.25, 0.3) is 11.0 Å². The van der Waals surface area contributed by atoms with Crippen molar-refractivity contribution in [3.63, 3.8) is 0 Å². The molecule has 5 rings (SSSR count). The van der Waals surface area contributed by atoms with Crippen LogP contribution in [0.15, 0.2) is 29.5 Å². The number of nitrogens with one attached hydrogen (secondary N) is 2. The van der Waals surface area contributed by atoms with Gasteiger partial charge in [-0.2, -0.15) is 0 Å². The molecule has 3 aromatic rings. The summed E-state index contributed by atoms with van der Waals surface area (Å²) in [6.07, 6.45) is 4.25. The van der Waals surface area contributed by atoms with Crippen molar-refractivity contribution in [3.8, 4) is 0 Å². The van der Waals surface area contributed by atoms with Gasteiger partial charge in [-0.3, -0.25) is 9.20 Å². The van der Waals surface area contributed by atoms with E-state index in [1.165, 1.54) is 5.56 Å². The van der Waals surface area contributed by atoms with Crippen LogP contribution in [0, 0.1) is 0 Å². The molecule has 24 heavy (non-hydrogen) atoms. The lowest BCUT2D eigenvalue weighted by Crippen LogP contribution is -2.12. The number of aromatic nitrogens is 3. The zero-order chi connectivity index (χ0) is 16.1. The van der Waals surface area contributed by atoms with Gasteiger partial charge in [-0.25, -0.2) is 9.97 Å². The molecule has 1 aromatic carbocycles. The van der Waals surface area contributed by atoms with Gasteiger partial charge >= 0.3 is 0 Å². The zero-order valence-corrected chi connectivity index (χ0v) is 13.7. The number of aryl methyl sites for hydroxylation is 1. The predicted molar refractivity (Wildman–Crippen MR) is 95.3 cm³/mol. The summed E-state index contributed by atoms with van der Waals surface area (Å²) in [5.74, 6) is 2.03. The lowest BCUT2D eigenvalue weighted by Gasteiger charge is -2.12. The average Bonchev–Trinajstić information content (AvgIpc) is 3.18. The van der Waals surface area contributed by atoms with E-state index in [9.17, 15) is 4.21 Å². The van der Waals surface area contributed by atoms with Crippen LogP contribution in [0.5, 0.6) is 0 Å². The molecular weight excluding hydrogens is 322 g/mol. The second-order valence-electron chi connectivity index (χ2n) is 6.07. The number of aromatic amines is 1. The van der Waals surface area contributed by atoms with Crippen LogP contribution < -0.4 is 5.32 Å². The van der Waals surface area contributed by atoms with Gasteiger partial charge < -0.3 is 10.3 Å². The number of fused-ring (bicyclic) bond motifs is 4. The Morgan fingerprint density at radius 1 is 1.25 bits per heavy atom. The van der Waals surface area contributed by atoms with Gasteiger partial charge in [0.1, 0.15) is 17.8 Å². The summed E-state index contributed by atoms with van der Waals surface area (Å²) >= 11 is 0. The van der Waals surface area contributed by atoms with E-state index in [1.807, 2.05) is 12.3 Å². The highest BCUT2D eigenvalue weighted by atomic mass is 32.2. The Morgan fingerprint density at radius 3 is 3.17 bits per heavy atom. The van der Waals surface area contributed by atoms with Gasteiger partial charge in [0.15, 0.2) is 0 Å². The van der Waals surface area contributed by atoms with Crippen molar-refractivity contribution in [2.45, 2.75) is 18.7 Å². The molecule has 2 N–H and O–H groups in total. The summed E-state index contributed by atoms with van der Waals surface area (Å²) < 4.78 is 12.0. The first kappa shape index (κ1) is 13.9. The summed E-state index contributed by atoms with van der Waals surface area (Å²) in [5.41, 5.74) is 6.37. The third-order valence-electron chi connectivity index (χ3n) is 4.57. The number of nitrogens with zero attached hydrogens (tertiary/aromatic N) is 3. The fourth-order valence-electron chi connectivity index (χ4n) is 3.37. The second kappa shape index (κ2) is 5.24. The smallest absolute Gasteiger partial charge is 0.143 e. The summed E-state index contributed by atoms with van der Waals surface area (Å²) in [6, 6.07) is 6.21. The largest absolute Gasteiger partial charge is 0.343 e. The van der Waals surface area contributed by atoms with Crippen LogP contribution in [-0.2, 0) is 29.5 Å². The Hall–Kier alpha value is -2.54. The van der Waals surface area contributed by atoms with E-state index in [0.29, 0.717) is 11.5 Å². The highest BCUT2D eigenvalue weighted by Crippen LogP contribution is 2.32. The fourth-order valence-corrected chi connectivity index (χ4v) is 4.58.